The first-order valence-electron chi connectivity index (χ1n) is 10.7. The molecule has 10 nitrogen and oxygen atoms in total. The van der Waals surface area contributed by atoms with Crippen LogP contribution in [-0.4, -0.2) is 76.2 Å². The number of aromatic amines is 1. The summed E-state index contributed by atoms with van der Waals surface area (Å²) in [6, 6.07) is 7.80. The summed E-state index contributed by atoms with van der Waals surface area (Å²) in [4.78, 5) is 42.0. The fourth-order valence-corrected chi connectivity index (χ4v) is 5.32. The maximum absolute atomic E-state index is 12.7. The maximum atomic E-state index is 12.7. The van der Waals surface area contributed by atoms with E-state index in [1.54, 1.807) is 0 Å². The molecule has 2 bridgehead atoms. The predicted molar refractivity (Wildman–Crippen MR) is 114 cm³/mol. The number of rotatable bonds is 6. The fourth-order valence-electron chi connectivity index (χ4n) is 5.32. The number of carbonyl (C=O) groups excluding carboxylic acids is 2. The third-order valence-corrected chi connectivity index (χ3v) is 6.63. The number of carbonyl (C=O) groups is 3. The predicted octanol–water partition coefficient (Wildman–Crippen LogP) is 0.922. The molecule has 1 aromatic carbocycles. The second-order valence-electron chi connectivity index (χ2n) is 8.54. The Morgan fingerprint density at radius 2 is 2.22 bits per heavy atom. The van der Waals surface area contributed by atoms with Crippen molar-refractivity contribution < 1.29 is 29.0 Å². The lowest BCUT2D eigenvalue weighted by Crippen LogP contribution is -2.41. The average Bonchev–Trinajstić information content (AvgIpc) is 3.51. The van der Waals surface area contributed by atoms with Crippen molar-refractivity contribution in [3.05, 3.63) is 30.1 Å². The average molecular weight is 444 g/mol. The van der Waals surface area contributed by atoms with E-state index in [1.807, 2.05) is 29.2 Å². The molecule has 5 rings (SSSR count). The molecule has 4 heterocycles. The maximum Gasteiger partial charge on any atom is 0.290 e. The number of benzene rings is 1. The third-order valence-electron chi connectivity index (χ3n) is 6.63. The van der Waals surface area contributed by atoms with E-state index in [-0.39, 0.29) is 55.0 Å². The number of imidazole rings is 1. The number of nitrogens with one attached hydrogen (secondary N) is 2. The Morgan fingerprint density at radius 3 is 2.97 bits per heavy atom. The van der Waals surface area contributed by atoms with Crippen LogP contribution in [0, 0.1) is 11.8 Å². The standard InChI is InChI=1S/C21H26N4O4.CH2O2/c1-13(26)22-8-14-15-9-25(12-21(15)7-6-18(14)29-21)20(27)11-28-10-19-23-16-4-2-3-5-17(16)24-19;2-1-3/h2-5,14-15,18H,6-12H2,1H3,(H,22,26)(H,23,24);1H,(H,2,3)/t14-,15+,18+,21+;/m0./s1. The third kappa shape index (κ3) is 4.33. The number of ether oxygens (including phenoxy) is 2. The van der Waals surface area contributed by atoms with Crippen molar-refractivity contribution in [2.24, 2.45) is 11.8 Å². The molecule has 1 aromatic heterocycles. The Hall–Kier alpha value is -2.98. The van der Waals surface area contributed by atoms with Crippen LogP contribution in [0.5, 0.6) is 0 Å². The van der Waals surface area contributed by atoms with E-state index in [0.717, 1.165) is 23.9 Å². The Labute approximate surface area is 185 Å². The molecule has 3 fully saturated rings. The van der Waals surface area contributed by atoms with Crippen molar-refractivity contribution in [1.29, 1.82) is 0 Å². The summed E-state index contributed by atoms with van der Waals surface area (Å²) in [7, 11) is 0. The van der Waals surface area contributed by atoms with Gasteiger partial charge in [-0.2, -0.15) is 0 Å². The molecule has 10 heteroatoms. The number of H-pyrrole nitrogens is 1. The highest BCUT2D eigenvalue weighted by molar-refractivity contribution is 5.78. The molecule has 0 aliphatic carbocycles. The van der Waals surface area contributed by atoms with E-state index in [1.165, 1.54) is 6.92 Å². The lowest BCUT2D eigenvalue weighted by atomic mass is 9.73. The Bertz CT molecular complexity index is 961. The topological polar surface area (TPSA) is 134 Å². The van der Waals surface area contributed by atoms with Crippen molar-refractivity contribution in [3.63, 3.8) is 0 Å². The van der Waals surface area contributed by atoms with Crippen LogP contribution < -0.4 is 5.32 Å². The number of fused-ring (bicyclic) bond motifs is 2. The lowest BCUT2D eigenvalue weighted by molar-refractivity contribution is -0.137. The number of hydrogen-bond donors (Lipinski definition) is 3. The van der Waals surface area contributed by atoms with Crippen LogP contribution in [0.1, 0.15) is 25.6 Å². The smallest absolute Gasteiger partial charge is 0.290 e. The van der Waals surface area contributed by atoms with Crippen molar-refractivity contribution in [2.45, 2.75) is 38.1 Å². The first-order chi connectivity index (χ1) is 15.5. The minimum atomic E-state index is -0.250. The van der Waals surface area contributed by atoms with E-state index < -0.39 is 0 Å². The number of amides is 2. The van der Waals surface area contributed by atoms with Crippen molar-refractivity contribution in [2.75, 3.05) is 26.2 Å². The molecule has 2 aromatic rings. The first kappa shape index (κ1) is 22.2. The van der Waals surface area contributed by atoms with Crippen LogP contribution in [0.2, 0.25) is 0 Å². The zero-order chi connectivity index (χ0) is 22.7. The largest absolute Gasteiger partial charge is 0.483 e. The number of nitrogens with zero attached hydrogens (tertiary/aromatic N) is 2. The molecular weight excluding hydrogens is 416 g/mol. The highest BCUT2D eigenvalue weighted by Gasteiger charge is 2.63. The summed E-state index contributed by atoms with van der Waals surface area (Å²) >= 11 is 0. The Balaban J connectivity index is 0.000000775. The van der Waals surface area contributed by atoms with Gasteiger partial charge < -0.3 is 29.8 Å². The highest BCUT2D eigenvalue weighted by Crippen LogP contribution is 2.54. The van der Waals surface area contributed by atoms with Gasteiger partial charge in [-0.15, -0.1) is 0 Å². The second-order valence-corrected chi connectivity index (χ2v) is 8.54. The summed E-state index contributed by atoms with van der Waals surface area (Å²) in [6.45, 7) is 3.50. The van der Waals surface area contributed by atoms with Crippen LogP contribution in [0.25, 0.3) is 11.0 Å². The number of likely N-dealkylation sites (tertiary alicyclic amines) is 1. The van der Waals surface area contributed by atoms with Gasteiger partial charge in [-0.3, -0.25) is 14.4 Å². The van der Waals surface area contributed by atoms with Gasteiger partial charge >= 0.3 is 0 Å². The highest BCUT2D eigenvalue weighted by atomic mass is 16.5. The molecule has 32 heavy (non-hydrogen) atoms. The minimum absolute atomic E-state index is 0.0183. The Morgan fingerprint density at radius 1 is 1.44 bits per heavy atom. The van der Waals surface area contributed by atoms with E-state index >= 15 is 0 Å². The molecule has 0 unspecified atom stereocenters. The molecule has 0 saturated carbocycles. The fraction of sp³-hybridized carbons (Fsp3) is 0.545. The van der Waals surface area contributed by atoms with E-state index in [2.05, 4.69) is 15.3 Å². The van der Waals surface area contributed by atoms with Gasteiger partial charge in [0.15, 0.2) is 0 Å². The van der Waals surface area contributed by atoms with Gasteiger partial charge in [-0.1, -0.05) is 12.1 Å². The normalized spacial score (nSPS) is 27.7. The van der Waals surface area contributed by atoms with Crippen LogP contribution in [-0.2, 0) is 30.5 Å². The number of aromatic nitrogens is 2. The van der Waals surface area contributed by atoms with Crippen LogP contribution in [0.3, 0.4) is 0 Å². The van der Waals surface area contributed by atoms with Crippen molar-refractivity contribution in [3.8, 4) is 0 Å². The van der Waals surface area contributed by atoms with Gasteiger partial charge in [0.25, 0.3) is 6.47 Å². The van der Waals surface area contributed by atoms with Gasteiger partial charge in [0.1, 0.15) is 19.0 Å². The van der Waals surface area contributed by atoms with Gasteiger partial charge in [0.2, 0.25) is 11.8 Å². The van der Waals surface area contributed by atoms with E-state index in [0.29, 0.717) is 25.5 Å². The summed E-state index contributed by atoms with van der Waals surface area (Å²) < 4.78 is 12.0. The van der Waals surface area contributed by atoms with Gasteiger partial charge in [0.05, 0.1) is 29.3 Å². The SMILES string of the molecule is CC(=O)NC[C@H]1[C@H]2CN(C(=O)COCc3nc4ccccc4[nH]3)C[C@]23CC[C@H]1O3.O=CO. The lowest BCUT2D eigenvalue weighted by Gasteiger charge is -2.29. The summed E-state index contributed by atoms with van der Waals surface area (Å²) in [5.74, 6) is 1.24. The molecule has 3 saturated heterocycles. The van der Waals surface area contributed by atoms with Crippen LogP contribution >= 0.6 is 0 Å². The molecule has 1 spiro atoms. The number of hydrogen-bond acceptors (Lipinski definition) is 6. The molecule has 172 valence electrons. The number of para-hydroxylation sites is 2. The minimum Gasteiger partial charge on any atom is -0.483 e. The Kier molecular flexibility index (Phi) is 6.43. The monoisotopic (exact) mass is 444 g/mol. The molecular formula is C22H28N4O6. The van der Waals surface area contributed by atoms with Gasteiger partial charge in [-0.25, -0.2) is 4.98 Å². The molecule has 2 amide bonds. The zero-order valence-electron chi connectivity index (χ0n) is 18.0. The van der Waals surface area contributed by atoms with E-state index in [4.69, 9.17) is 19.4 Å². The molecule has 4 atom stereocenters. The summed E-state index contributed by atoms with van der Waals surface area (Å²) in [5.41, 5.74) is 1.62. The first-order valence-corrected chi connectivity index (χ1v) is 10.7. The molecule has 3 aliphatic rings. The van der Waals surface area contributed by atoms with Gasteiger partial charge in [-0.05, 0) is 25.0 Å². The molecule has 3 aliphatic heterocycles. The summed E-state index contributed by atoms with van der Waals surface area (Å²) in [6.07, 6.45) is 2.20. The van der Waals surface area contributed by atoms with E-state index in [9.17, 15) is 9.59 Å². The zero-order valence-corrected chi connectivity index (χ0v) is 18.0. The van der Waals surface area contributed by atoms with Gasteiger partial charge in [0, 0.05) is 31.8 Å². The van der Waals surface area contributed by atoms with Crippen LogP contribution in [0.4, 0.5) is 0 Å². The molecule has 0 radical (unpaired) electrons. The summed E-state index contributed by atoms with van der Waals surface area (Å²) in [5, 5.41) is 9.82. The van der Waals surface area contributed by atoms with Crippen molar-refractivity contribution >= 4 is 29.3 Å². The quantitative estimate of drug-likeness (QED) is 0.564. The van der Waals surface area contributed by atoms with Crippen LogP contribution in [0.15, 0.2) is 24.3 Å². The number of carboxylic acid groups (broad SMARTS) is 1. The second kappa shape index (κ2) is 9.25. The molecule has 3 N–H and O–H groups in total. The van der Waals surface area contributed by atoms with Crippen molar-refractivity contribution in [1.82, 2.24) is 20.2 Å².